The molecule has 0 bridgehead atoms. The molecule has 1 amide bonds. The van der Waals surface area contributed by atoms with E-state index in [-0.39, 0.29) is 10.9 Å². The number of hydrogen-bond donors (Lipinski definition) is 1. The largest absolute Gasteiger partial charge is 0.486 e. The molecule has 0 atom stereocenters. The van der Waals surface area contributed by atoms with Crippen LogP contribution in [0.1, 0.15) is 48.3 Å². The molecule has 1 aromatic heterocycles. The maximum atomic E-state index is 12.7. The highest BCUT2D eigenvalue weighted by Crippen LogP contribution is 2.37. The van der Waals surface area contributed by atoms with Gasteiger partial charge in [-0.3, -0.25) is 4.79 Å². The Labute approximate surface area is 179 Å². The summed E-state index contributed by atoms with van der Waals surface area (Å²) < 4.78 is 17.4. The summed E-state index contributed by atoms with van der Waals surface area (Å²) in [5, 5.41) is 3.03. The number of nitrogens with zero attached hydrogens (tertiary/aromatic N) is 2. The topological polar surface area (TPSA) is 82.6 Å². The first-order valence-corrected chi connectivity index (χ1v) is 13.1. The molecule has 162 valence electrons. The average Bonchev–Trinajstić information content (AvgIpc) is 2.69. The highest BCUT2D eigenvalue weighted by molar-refractivity contribution is 6.74. The Morgan fingerprint density at radius 1 is 1.13 bits per heavy atom. The number of rotatable bonds is 6. The molecule has 3 rings (SSSR count). The van der Waals surface area contributed by atoms with Gasteiger partial charge in [0.1, 0.15) is 24.7 Å². The van der Waals surface area contributed by atoms with Crippen LogP contribution in [0.15, 0.2) is 24.3 Å². The quantitative estimate of drug-likeness (QED) is 0.699. The van der Waals surface area contributed by atoms with Gasteiger partial charge in [-0.15, -0.1) is 0 Å². The van der Waals surface area contributed by atoms with Crippen LogP contribution in [0.25, 0.3) is 0 Å². The van der Waals surface area contributed by atoms with Crippen molar-refractivity contribution in [2.75, 3.05) is 13.2 Å². The first-order chi connectivity index (χ1) is 14.0. The number of amides is 1. The Hall–Kier alpha value is -2.45. The third kappa shape index (κ3) is 5.37. The zero-order valence-corrected chi connectivity index (χ0v) is 19.7. The molecule has 0 radical (unpaired) electrons. The van der Waals surface area contributed by atoms with Crippen molar-refractivity contribution in [2.24, 2.45) is 0 Å². The highest BCUT2D eigenvalue weighted by Gasteiger charge is 2.37. The van der Waals surface area contributed by atoms with Gasteiger partial charge in [-0.1, -0.05) is 26.8 Å². The van der Waals surface area contributed by atoms with Gasteiger partial charge in [0.05, 0.1) is 12.3 Å². The van der Waals surface area contributed by atoms with Crippen molar-refractivity contribution in [3.8, 4) is 11.5 Å². The normalized spacial score (nSPS) is 13.8. The zero-order valence-electron chi connectivity index (χ0n) is 18.7. The molecule has 1 aliphatic rings. The summed E-state index contributed by atoms with van der Waals surface area (Å²) in [4.78, 5) is 21.4. The summed E-state index contributed by atoms with van der Waals surface area (Å²) in [7, 11) is -1.90. The Morgan fingerprint density at radius 2 is 1.83 bits per heavy atom. The zero-order chi connectivity index (χ0) is 21.9. The fourth-order valence-corrected chi connectivity index (χ4v) is 3.70. The van der Waals surface area contributed by atoms with Gasteiger partial charge < -0.3 is 19.2 Å². The lowest BCUT2D eigenvalue weighted by atomic mass is 10.2. The minimum Gasteiger partial charge on any atom is -0.486 e. The Balaban J connectivity index is 1.65. The van der Waals surface area contributed by atoms with Crippen LogP contribution in [-0.2, 0) is 17.6 Å². The van der Waals surface area contributed by atoms with Gasteiger partial charge in [-0.25, -0.2) is 9.97 Å². The molecule has 1 aliphatic heterocycles. The average molecular weight is 430 g/mol. The fraction of sp³-hybridized carbons (Fsp3) is 0.500. The standard InChI is InChI=1S/C22H31N3O4Si/c1-15-24-17(14-29-30(5,6)22(2,3)4)12-18(25-15)21(26)23-13-16-7-8-19-20(11-16)28-10-9-27-19/h7-8,11-12H,9-10,13-14H2,1-6H3,(H,23,26). The van der Waals surface area contributed by atoms with Gasteiger partial charge in [0, 0.05) is 6.54 Å². The molecular weight excluding hydrogens is 398 g/mol. The first kappa shape index (κ1) is 22.2. The van der Waals surface area contributed by atoms with Crippen LogP contribution in [0.5, 0.6) is 11.5 Å². The summed E-state index contributed by atoms with van der Waals surface area (Å²) in [6.07, 6.45) is 0. The number of aromatic nitrogens is 2. The highest BCUT2D eigenvalue weighted by atomic mass is 28.4. The Kier molecular flexibility index (Phi) is 6.47. The van der Waals surface area contributed by atoms with Crippen molar-refractivity contribution in [2.45, 2.75) is 59.0 Å². The van der Waals surface area contributed by atoms with Crippen LogP contribution in [0, 0.1) is 6.92 Å². The third-order valence-electron chi connectivity index (χ3n) is 5.57. The van der Waals surface area contributed by atoms with E-state index in [1.165, 1.54) is 0 Å². The van der Waals surface area contributed by atoms with E-state index < -0.39 is 8.32 Å². The summed E-state index contributed by atoms with van der Waals surface area (Å²) in [6.45, 7) is 14.6. The molecule has 0 aliphatic carbocycles. The second kappa shape index (κ2) is 8.73. The number of ether oxygens (including phenoxy) is 2. The van der Waals surface area contributed by atoms with E-state index in [2.05, 4.69) is 49.1 Å². The molecular formula is C22H31N3O4Si. The predicted octanol–water partition coefficient (Wildman–Crippen LogP) is 4.01. The summed E-state index contributed by atoms with van der Waals surface area (Å²) in [6, 6.07) is 7.37. The van der Waals surface area contributed by atoms with Gasteiger partial charge in [-0.2, -0.15) is 0 Å². The second-order valence-electron chi connectivity index (χ2n) is 9.00. The maximum absolute atomic E-state index is 12.7. The van der Waals surface area contributed by atoms with Crippen molar-refractivity contribution >= 4 is 14.2 Å². The molecule has 7 nitrogen and oxygen atoms in total. The maximum Gasteiger partial charge on any atom is 0.270 e. The van der Waals surface area contributed by atoms with Gasteiger partial charge >= 0.3 is 0 Å². The molecule has 30 heavy (non-hydrogen) atoms. The van der Waals surface area contributed by atoms with Crippen LogP contribution >= 0.6 is 0 Å². The second-order valence-corrected chi connectivity index (χ2v) is 13.8. The summed E-state index contributed by atoms with van der Waals surface area (Å²) >= 11 is 0. The Bertz CT molecular complexity index is 925. The molecule has 0 saturated heterocycles. The van der Waals surface area contributed by atoms with Crippen molar-refractivity contribution < 1.29 is 18.7 Å². The lowest BCUT2D eigenvalue weighted by molar-refractivity contribution is 0.0945. The van der Waals surface area contributed by atoms with Crippen molar-refractivity contribution in [3.05, 3.63) is 47.0 Å². The van der Waals surface area contributed by atoms with E-state index in [1.54, 1.807) is 13.0 Å². The minimum absolute atomic E-state index is 0.110. The molecule has 1 aromatic carbocycles. The van der Waals surface area contributed by atoms with E-state index in [0.717, 1.165) is 17.0 Å². The predicted molar refractivity (Wildman–Crippen MR) is 117 cm³/mol. The first-order valence-electron chi connectivity index (χ1n) is 10.2. The number of hydrogen-bond acceptors (Lipinski definition) is 6. The van der Waals surface area contributed by atoms with E-state index >= 15 is 0 Å². The molecule has 0 spiro atoms. The van der Waals surface area contributed by atoms with Gasteiger partial charge in [0.15, 0.2) is 19.8 Å². The smallest absolute Gasteiger partial charge is 0.270 e. The molecule has 0 unspecified atom stereocenters. The number of aryl methyl sites for hydroxylation is 1. The number of benzene rings is 1. The van der Waals surface area contributed by atoms with Crippen molar-refractivity contribution in [1.82, 2.24) is 15.3 Å². The molecule has 2 heterocycles. The minimum atomic E-state index is -1.90. The third-order valence-corrected chi connectivity index (χ3v) is 10.0. The van der Waals surface area contributed by atoms with Crippen LogP contribution in [0.4, 0.5) is 0 Å². The van der Waals surface area contributed by atoms with Crippen molar-refractivity contribution in [1.29, 1.82) is 0 Å². The van der Waals surface area contributed by atoms with Gasteiger partial charge in [0.2, 0.25) is 0 Å². The van der Waals surface area contributed by atoms with E-state index in [0.29, 0.717) is 43.6 Å². The Morgan fingerprint density at radius 3 is 2.53 bits per heavy atom. The summed E-state index contributed by atoms with van der Waals surface area (Å²) in [5.41, 5.74) is 1.99. The lowest BCUT2D eigenvalue weighted by Crippen LogP contribution is -2.40. The van der Waals surface area contributed by atoms with Crippen LogP contribution < -0.4 is 14.8 Å². The fourth-order valence-electron chi connectivity index (χ4n) is 2.76. The van der Waals surface area contributed by atoms with Gasteiger partial charge in [-0.05, 0) is 48.8 Å². The number of nitrogens with one attached hydrogen (secondary N) is 1. The van der Waals surface area contributed by atoms with E-state index in [4.69, 9.17) is 13.9 Å². The number of carbonyl (C=O) groups excluding carboxylic acids is 1. The van der Waals surface area contributed by atoms with E-state index in [9.17, 15) is 4.79 Å². The number of fused-ring (bicyclic) bond motifs is 1. The molecule has 8 heteroatoms. The lowest BCUT2D eigenvalue weighted by Gasteiger charge is -2.36. The van der Waals surface area contributed by atoms with E-state index in [1.807, 2.05) is 18.2 Å². The monoisotopic (exact) mass is 429 g/mol. The number of carbonyl (C=O) groups is 1. The van der Waals surface area contributed by atoms with Gasteiger partial charge in [0.25, 0.3) is 5.91 Å². The molecule has 0 fully saturated rings. The SMILES string of the molecule is Cc1nc(CO[Si](C)(C)C(C)(C)C)cc(C(=O)NCc2ccc3c(c2)OCCO3)n1. The summed E-state index contributed by atoms with van der Waals surface area (Å²) in [5.74, 6) is 1.74. The molecule has 1 N–H and O–H groups in total. The van der Waals surface area contributed by atoms with Crippen LogP contribution in [-0.4, -0.2) is 37.4 Å². The van der Waals surface area contributed by atoms with Crippen LogP contribution in [0.2, 0.25) is 18.1 Å². The van der Waals surface area contributed by atoms with Crippen molar-refractivity contribution in [3.63, 3.8) is 0 Å². The van der Waals surface area contributed by atoms with Crippen LogP contribution in [0.3, 0.4) is 0 Å². The molecule has 2 aromatic rings. The molecule has 0 saturated carbocycles.